The first kappa shape index (κ1) is 25.6. The van der Waals surface area contributed by atoms with Crippen LogP contribution in [0.5, 0.6) is 0 Å². The molecular weight excluding hydrogens is 473 g/mol. The zero-order valence-electron chi connectivity index (χ0n) is 18.8. The van der Waals surface area contributed by atoms with Crippen molar-refractivity contribution in [2.75, 3.05) is 12.3 Å². The molecule has 3 rings (SSSR count). The van der Waals surface area contributed by atoms with E-state index in [1.54, 1.807) is 26.8 Å². The molecule has 0 aliphatic heterocycles. The summed E-state index contributed by atoms with van der Waals surface area (Å²) in [6.45, 7) is 3.69. The number of nitrogens with two attached hydrogens (primary N) is 1. The Bertz CT molecular complexity index is 1280. The maximum Gasteiger partial charge on any atom is 0.408 e. The van der Waals surface area contributed by atoms with Crippen molar-refractivity contribution >= 4 is 15.8 Å². The average molecular weight is 499 g/mol. The van der Waals surface area contributed by atoms with Gasteiger partial charge in [-0.2, -0.15) is 18.3 Å². The van der Waals surface area contributed by atoms with Crippen LogP contribution in [0.1, 0.15) is 25.8 Å². The maximum atomic E-state index is 12.7. The Morgan fingerprint density at radius 2 is 1.91 bits per heavy atom. The summed E-state index contributed by atoms with van der Waals surface area (Å²) in [7, 11) is -3.87. The van der Waals surface area contributed by atoms with E-state index >= 15 is 0 Å². The smallest absolute Gasteiger partial charge is 0.390 e. The molecule has 0 aliphatic rings. The Morgan fingerprint density at radius 3 is 2.56 bits per heavy atom. The van der Waals surface area contributed by atoms with Crippen LogP contribution in [-0.2, 0) is 16.6 Å². The normalized spacial score (nSPS) is 12.8. The number of sulfonamides is 1. The highest BCUT2D eigenvalue weighted by Gasteiger charge is 2.28. The summed E-state index contributed by atoms with van der Waals surface area (Å²) in [4.78, 5) is 8.51. The molecule has 184 valence electrons. The van der Waals surface area contributed by atoms with Crippen LogP contribution in [0.15, 0.2) is 41.7 Å². The highest BCUT2D eigenvalue weighted by atomic mass is 32.2. The first-order chi connectivity index (χ1) is 15.6. The summed E-state index contributed by atoms with van der Waals surface area (Å²) in [5.41, 5.74) is 6.70. The lowest BCUT2D eigenvalue weighted by molar-refractivity contribution is -0.142. The SMILES string of the molecule is Cc1ccc(S(=O)(=O)NCCC(C)(C)O)cc1-c1cnc(N)c(-c2cnn(CC(F)(F)F)c2)n1. The number of nitrogens with zero attached hydrogens (tertiary/aromatic N) is 4. The highest BCUT2D eigenvalue weighted by Crippen LogP contribution is 2.29. The Labute approximate surface area is 194 Å². The minimum atomic E-state index is -4.44. The van der Waals surface area contributed by atoms with E-state index in [4.69, 9.17) is 5.73 Å². The fourth-order valence-corrected chi connectivity index (χ4v) is 4.17. The molecule has 2 aromatic heterocycles. The fraction of sp³-hybridized carbons (Fsp3) is 0.381. The number of hydrogen-bond acceptors (Lipinski definition) is 7. The van der Waals surface area contributed by atoms with Crippen molar-refractivity contribution in [3.63, 3.8) is 0 Å². The third kappa shape index (κ3) is 6.52. The number of aliphatic hydroxyl groups is 1. The van der Waals surface area contributed by atoms with Crippen molar-refractivity contribution in [1.29, 1.82) is 0 Å². The molecule has 0 unspecified atom stereocenters. The molecule has 4 N–H and O–H groups in total. The molecule has 0 aliphatic carbocycles. The molecule has 9 nitrogen and oxygen atoms in total. The van der Waals surface area contributed by atoms with Crippen LogP contribution in [0.25, 0.3) is 22.5 Å². The zero-order valence-corrected chi connectivity index (χ0v) is 19.6. The number of nitrogen functional groups attached to an aromatic ring is 1. The van der Waals surface area contributed by atoms with Gasteiger partial charge >= 0.3 is 6.18 Å². The number of halogens is 3. The van der Waals surface area contributed by atoms with Gasteiger partial charge in [0.15, 0.2) is 0 Å². The lowest BCUT2D eigenvalue weighted by Crippen LogP contribution is -2.30. The van der Waals surface area contributed by atoms with Crippen molar-refractivity contribution in [2.24, 2.45) is 0 Å². The third-order valence-corrected chi connectivity index (χ3v) is 6.33. The van der Waals surface area contributed by atoms with E-state index in [2.05, 4.69) is 19.8 Å². The molecule has 0 bridgehead atoms. The van der Waals surface area contributed by atoms with E-state index in [1.165, 1.54) is 24.5 Å². The van der Waals surface area contributed by atoms with Gasteiger partial charge < -0.3 is 10.8 Å². The lowest BCUT2D eigenvalue weighted by Gasteiger charge is -2.17. The zero-order chi connectivity index (χ0) is 25.3. The Hall–Kier alpha value is -3.03. The fourth-order valence-electron chi connectivity index (χ4n) is 3.12. The molecule has 3 aromatic rings. The molecule has 0 saturated carbocycles. The molecule has 13 heteroatoms. The maximum absolute atomic E-state index is 12.7. The van der Waals surface area contributed by atoms with Crippen LogP contribution < -0.4 is 10.5 Å². The van der Waals surface area contributed by atoms with Gasteiger partial charge in [-0.15, -0.1) is 0 Å². The molecule has 1 aromatic carbocycles. The van der Waals surface area contributed by atoms with Gasteiger partial charge in [0.05, 0.1) is 28.6 Å². The van der Waals surface area contributed by atoms with Crippen LogP contribution >= 0.6 is 0 Å². The summed E-state index contributed by atoms with van der Waals surface area (Å²) in [6, 6.07) is 4.48. The highest BCUT2D eigenvalue weighted by molar-refractivity contribution is 7.89. The molecule has 2 heterocycles. The molecule has 0 spiro atoms. The summed E-state index contributed by atoms with van der Waals surface area (Å²) in [5.74, 6) is -0.00924. The minimum Gasteiger partial charge on any atom is -0.390 e. The number of benzene rings is 1. The molecule has 0 saturated heterocycles. The van der Waals surface area contributed by atoms with E-state index in [9.17, 15) is 26.7 Å². The second kappa shape index (κ2) is 9.31. The van der Waals surface area contributed by atoms with Crippen LogP contribution in [0.4, 0.5) is 19.0 Å². The number of aryl methyl sites for hydroxylation is 1. The average Bonchev–Trinajstić information content (AvgIpc) is 3.14. The summed E-state index contributed by atoms with van der Waals surface area (Å²) in [5, 5.41) is 13.5. The van der Waals surface area contributed by atoms with Gasteiger partial charge in [0, 0.05) is 23.9 Å². The van der Waals surface area contributed by atoms with Crippen molar-refractivity contribution in [1.82, 2.24) is 24.5 Å². The van der Waals surface area contributed by atoms with Gasteiger partial charge in [-0.05, 0) is 44.9 Å². The Morgan fingerprint density at radius 1 is 1.21 bits per heavy atom. The van der Waals surface area contributed by atoms with Gasteiger partial charge in [-0.3, -0.25) is 4.68 Å². The first-order valence-corrected chi connectivity index (χ1v) is 11.7. The number of hydrogen-bond donors (Lipinski definition) is 3. The summed E-state index contributed by atoms with van der Waals surface area (Å²) < 4.78 is 66.6. The van der Waals surface area contributed by atoms with Crippen molar-refractivity contribution < 1.29 is 26.7 Å². The molecule has 34 heavy (non-hydrogen) atoms. The van der Waals surface area contributed by atoms with E-state index < -0.39 is 28.3 Å². The van der Waals surface area contributed by atoms with Crippen molar-refractivity contribution in [3.05, 3.63) is 42.4 Å². The molecule has 0 amide bonds. The van der Waals surface area contributed by atoms with Gasteiger partial charge in [-0.25, -0.2) is 23.1 Å². The topological polar surface area (TPSA) is 136 Å². The number of anilines is 1. The van der Waals surface area contributed by atoms with Crippen molar-refractivity contribution in [3.8, 4) is 22.5 Å². The van der Waals surface area contributed by atoms with Gasteiger partial charge in [0.2, 0.25) is 10.0 Å². The van der Waals surface area contributed by atoms with Gasteiger partial charge in [0.1, 0.15) is 18.1 Å². The standard InChI is InChI=1S/C21H25F3N6O3S/c1-13-4-5-15(34(32,33)28-7-6-20(2,3)31)8-16(13)17-10-26-19(25)18(29-17)14-9-27-30(11-14)12-21(22,23)24/h4-5,8-11,28,31H,6-7,12H2,1-3H3,(H2,25,26). The predicted octanol–water partition coefficient (Wildman–Crippen LogP) is 2.90. The van der Waals surface area contributed by atoms with Crippen LogP contribution in [0.3, 0.4) is 0 Å². The number of alkyl halides is 3. The van der Waals surface area contributed by atoms with Crippen LogP contribution in [-0.4, -0.2) is 51.6 Å². The predicted molar refractivity (Wildman–Crippen MR) is 120 cm³/mol. The number of nitrogens with one attached hydrogen (secondary N) is 1. The second-order valence-corrected chi connectivity index (χ2v) is 10.2. The first-order valence-electron chi connectivity index (χ1n) is 10.2. The Kier molecular flexibility index (Phi) is 7.01. The number of aromatic nitrogens is 4. The van der Waals surface area contributed by atoms with Crippen LogP contribution in [0, 0.1) is 6.92 Å². The van der Waals surface area contributed by atoms with E-state index in [1.807, 2.05) is 0 Å². The second-order valence-electron chi connectivity index (χ2n) is 8.47. The largest absolute Gasteiger partial charge is 0.408 e. The third-order valence-electron chi connectivity index (χ3n) is 4.87. The van der Waals surface area contributed by atoms with Crippen molar-refractivity contribution in [2.45, 2.75) is 50.4 Å². The quantitative estimate of drug-likeness (QED) is 0.434. The van der Waals surface area contributed by atoms with Gasteiger partial charge in [-0.1, -0.05) is 6.07 Å². The summed E-state index contributed by atoms with van der Waals surface area (Å²) in [6.07, 6.45) is -0.486. The molecule has 0 radical (unpaired) electrons. The van der Waals surface area contributed by atoms with E-state index in [0.29, 0.717) is 16.8 Å². The van der Waals surface area contributed by atoms with E-state index in [-0.39, 0.29) is 34.9 Å². The summed E-state index contributed by atoms with van der Waals surface area (Å²) >= 11 is 0. The Balaban J connectivity index is 1.94. The lowest BCUT2D eigenvalue weighted by atomic mass is 10.1. The number of rotatable bonds is 8. The molecule has 0 fully saturated rings. The minimum absolute atomic E-state index is 0.00924. The molecular formula is C21H25F3N6O3S. The van der Waals surface area contributed by atoms with Gasteiger partial charge in [0.25, 0.3) is 0 Å². The van der Waals surface area contributed by atoms with E-state index in [0.717, 1.165) is 10.9 Å². The monoisotopic (exact) mass is 498 g/mol. The molecule has 0 atom stereocenters. The van der Waals surface area contributed by atoms with Crippen LogP contribution in [0.2, 0.25) is 0 Å².